The highest BCUT2D eigenvalue weighted by Gasteiger charge is 2.24. The summed E-state index contributed by atoms with van der Waals surface area (Å²) in [7, 11) is -1.39. The smallest absolute Gasteiger partial charge is 0.423 e. The fraction of sp³-hybridized carbons (Fsp3) is 0.333. The number of fused-ring (bicyclic) bond motifs is 1. The summed E-state index contributed by atoms with van der Waals surface area (Å²) in [4.78, 5) is 3.95. The van der Waals surface area contributed by atoms with Gasteiger partial charge in [-0.25, -0.2) is 0 Å². The van der Waals surface area contributed by atoms with Gasteiger partial charge < -0.3 is 10.0 Å². The van der Waals surface area contributed by atoms with E-state index >= 15 is 0 Å². The zero-order valence-corrected chi connectivity index (χ0v) is 12.3. The Labute approximate surface area is 123 Å². The molecule has 2 N–H and O–H groups in total. The maximum Gasteiger partial charge on any atom is 0.488 e. The van der Waals surface area contributed by atoms with Crippen LogP contribution in [-0.4, -0.2) is 28.6 Å². The zero-order valence-electron chi connectivity index (χ0n) is 11.5. The molecule has 5 heteroatoms. The van der Waals surface area contributed by atoms with Crippen LogP contribution in [0.4, 0.5) is 0 Å². The van der Waals surface area contributed by atoms with Crippen molar-refractivity contribution in [3.05, 3.63) is 51.7 Å². The molecule has 0 aliphatic carbocycles. The van der Waals surface area contributed by atoms with E-state index in [2.05, 4.69) is 23.3 Å². The van der Waals surface area contributed by atoms with E-state index in [0.717, 1.165) is 25.1 Å². The Hall–Kier alpha value is -1.14. The summed E-state index contributed by atoms with van der Waals surface area (Å²) in [6.45, 7) is 4.15. The topological polar surface area (TPSA) is 43.7 Å². The summed E-state index contributed by atoms with van der Waals surface area (Å²) >= 11 is 1.85. The molecule has 3 nitrogen and oxygen atoms in total. The first-order chi connectivity index (χ1) is 9.65. The third-order valence-electron chi connectivity index (χ3n) is 4.04. The molecular formula is C15H18BNO2S. The van der Waals surface area contributed by atoms with Gasteiger partial charge in [-0.2, -0.15) is 0 Å². The normalized spacial score (nSPS) is 18.9. The van der Waals surface area contributed by atoms with E-state index in [-0.39, 0.29) is 0 Å². The van der Waals surface area contributed by atoms with Gasteiger partial charge in [-0.15, -0.1) is 11.3 Å². The van der Waals surface area contributed by atoms with Gasteiger partial charge in [0.1, 0.15) is 0 Å². The van der Waals surface area contributed by atoms with E-state index in [1.54, 1.807) is 6.07 Å². The Kier molecular flexibility index (Phi) is 3.94. The van der Waals surface area contributed by atoms with Crippen molar-refractivity contribution < 1.29 is 10.0 Å². The number of hydrogen-bond acceptors (Lipinski definition) is 4. The van der Waals surface area contributed by atoms with E-state index in [1.807, 2.05) is 29.5 Å². The average Bonchev–Trinajstić information content (AvgIpc) is 2.91. The van der Waals surface area contributed by atoms with Crippen molar-refractivity contribution in [3.8, 4) is 0 Å². The number of nitrogens with zero attached hydrogens (tertiary/aromatic N) is 1. The molecule has 1 aromatic carbocycles. The van der Waals surface area contributed by atoms with Crippen LogP contribution >= 0.6 is 11.3 Å². The van der Waals surface area contributed by atoms with Crippen LogP contribution in [0.3, 0.4) is 0 Å². The first-order valence-electron chi connectivity index (χ1n) is 6.90. The first-order valence-corrected chi connectivity index (χ1v) is 7.78. The van der Waals surface area contributed by atoms with Gasteiger partial charge in [-0.3, -0.25) is 4.90 Å². The molecule has 1 atom stereocenters. The van der Waals surface area contributed by atoms with Gasteiger partial charge in [-0.05, 0) is 41.4 Å². The van der Waals surface area contributed by atoms with Crippen LogP contribution in [-0.2, 0) is 13.0 Å². The molecule has 2 heterocycles. The van der Waals surface area contributed by atoms with Crippen LogP contribution in [0.15, 0.2) is 35.7 Å². The van der Waals surface area contributed by atoms with Gasteiger partial charge in [-0.1, -0.05) is 24.3 Å². The van der Waals surface area contributed by atoms with Crippen LogP contribution in [0, 0.1) is 0 Å². The van der Waals surface area contributed by atoms with E-state index < -0.39 is 7.12 Å². The molecule has 1 aromatic heterocycles. The second-order valence-electron chi connectivity index (χ2n) is 5.31. The van der Waals surface area contributed by atoms with Crippen molar-refractivity contribution in [2.24, 2.45) is 0 Å². The van der Waals surface area contributed by atoms with Crippen molar-refractivity contribution in [1.29, 1.82) is 0 Å². The number of hydrogen-bond donors (Lipinski definition) is 2. The van der Waals surface area contributed by atoms with Crippen LogP contribution in [0.25, 0.3) is 0 Å². The van der Waals surface area contributed by atoms with Gasteiger partial charge in [0, 0.05) is 24.0 Å². The van der Waals surface area contributed by atoms with E-state index in [9.17, 15) is 10.0 Å². The largest absolute Gasteiger partial charge is 0.488 e. The molecule has 2 aromatic rings. The molecule has 1 unspecified atom stereocenters. The lowest BCUT2D eigenvalue weighted by molar-refractivity contribution is 0.191. The molecule has 104 valence electrons. The SMILES string of the molecule is CC1c2ccsc2CCN1Cc1cccc(B(O)O)c1. The minimum absolute atomic E-state index is 0.424. The first kappa shape index (κ1) is 13.8. The summed E-state index contributed by atoms with van der Waals surface area (Å²) in [6.07, 6.45) is 1.11. The quantitative estimate of drug-likeness (QED) is 0.842. The predicted molar refractivity (Wildman–Crippen MR) is 83.1 cm³/mol. The maximum absolute atomic E-state index is 9.25. The summed E-state index contributed by atoms with van der Waals surface area (Å²) in [5, 5.41) is 20.7. The zero-order chi connectivity index (χ0) is 14.1. The summed E-state index contributed by atoms with van der Waals surface area (Å²) in [6, 6.07) is 10.2. The standard InChI is InChI=1S/C15H18BNO2S/c1-11-14-6-8-20-15(14)5-7-17(11)10-12-3-2-4-13(9-12)16(18)19/h2-4,6,8-9,11,18-19H,5,7,10H2,1H3. The Morgan fingerprint density at radius 2 is 2.20 bits per heavy atom. The predicted octanol–water partition coefficient (Wildman–Crippen LogP) is 1.55. The van der Waals surface area contributed by atoms with Crippen molar-refractivity contribution in [1.82, 2.24) is 4.90 Å². The Bertz CT molecular complexity index is 599. The second kappa shape index (κ2) is 5.70. The Morgan fingerprint density at radius 1 is 1.35 bits per heavy atom. The second-order valence-corrected chi connectivity index (χ2v) is 6.31. The number of thiophene rings is 1. The van der Waals surface area contributed by atoms with Gasteiger partial charge in [0.05, 0.1) is 0 Å². The molecular weight excluding hydrogens is 269 g/mol. The molecule has 0 saturated heterocycles. The summed E-state index contributed by atoms with van der Waals surface area (Å²) in [5.74, 6) is 0. The van der Waals surface area contributed by atoms with Crippen molar-refractivity contribution >= 4 is 23.9 Å². The number of rotatable bonds is 3. The highest BCUT2D eigenvalue weighted by atomic mass is 32.1. The van der Waals surface area contributed by atoms with Crippen LogP contribution in [0.5, 0.6) is 0 Å². The molecule has 1 aliphatic heterocycles. The number of benzene rings is 1. The fourth-order valence-electron chi connectivity index (χ4n) is 2.86. The van der Waals surface area contributed by atoms with E-state index in [1.165, 1.54) is 10.4 Å². The molecule has 0 amide bonds. The van der Waals surface area contributed by atoms with Gasteiger partial charge in [0.2, 0.25) is 0 Å². The van der Waals surface area contributed by atoms with Crippen molar-refractivity contribution in [2.75, 3.05) is 6.54 Å². The molecule has 1 aliphatic rings. The molecule has 0 fully saturated rings. The van der Waals surface area contributed by atoms with Gasteiger partial charge in [0.25, 0.3) is 0 Å². The third-order valence-corrected chi connectivity index (χ3v) is 5.04. The van der Waals surface area contributed by atoms with E-state index in [4.69, 9.17) is 0 Å². The lowest BCUT2D eigenvalue weighted by Gasteiger charge is -2.33. The highest BCUT2D eigenvalue weighted by Crippen LogP contribution is 2.33. The van der Waals surface area contributed by atoms with Crippen LogP contribution in [0.1, 0.15) is 29.0 Å². The van der Waals surface area contributed by atoms with Crippen molar-refractivity contribution in [3.63, 3.8) is 0 Å². The van der Waals surface area contributed by atoms with Crippen LogP contribution < -0.4 is 5.46 Å². The minimum atomic E-state index is -1.39. The van der Waals surface area contributed by atoms with Crippen LogP contribution in [0.2, 0.25) is 0 Å². The molecule has 0 radical (unpaired) electrons. The molecule has 20 heavy (non-hydrogen) atoms. The Morgan fingerprint density at radius 3 is 3.00 bits per heavy atom. The fourth-order valence-corrected chi connectivity index (χ4v) is 3.83. The van der Waals surface area contributed by atoms with Crippen molar-refractivity contribution in [2.45, 2.75) is 25.9 Å². The summed E-state index contributed by atoms with van der Waals surface area (Å²) < 4.78 is 0. The lowest BCUT2D eigenvalue weighted by atomic mass is 9.79. The minimum Gasteiger partial charge on any atom is -0.423 e. The third kappa shape index (κ3) is 2.67. The lowest BCUT2D eigenvalue weighted by Crippen LogP contribution is -2.34. The van der Waals surface area contributed by atoms with E-state index in [0.29, 0.717) is 11.5 Å². The molecule has 0 bridgehead atoms. The maximum atomic E-state index is 9.25. The Balaban J connectivity index is 1.77. The molecule has 0 spiro atoms. The highest BCUT2D eigenvalue weighted by molar-refractivity contribution is 7.10. The molecule has 0 saturated carbocycles. The van der Waals surface area contributed by atoms with Gasteiger partial charge >= 0.3 is 7.12 Å². The average molecular weight is 287 g/mol. The molecule has 3 rings (SSSR count). The van der Waals surface area contributed by atoms with Gasteiger partial charge in [0.15, 0.2) is 0 Å². The summed E-state index contributed by atoms with van der Waals surface area (Å²) in [5.41, 5.74) is 3.13. The monoisotopic (exact) mass is 287 g/mol.